The van der Waals surface area contributed by atoms with Gasteiger partial charge in [0.2, 0.25) is 0 Å². The number of pyridine rings is 1. The van der Waals surface area contributed by atoms with Gasteiger partial charge in [-0.1, -0.05) is 25.6 Å². The minimum absolute atomic E-state index is 0.425. The highest BCUT2D eigenvalue weighted by atomic mass is 32.1. The Morgan fingerprint density at radius 3 is 2.84 bits per heavy atom. The fourth-order valence-electron chi connectivity index (χ4n) is 3.05. The summed E-state index contributed by atoms with van der Waals surface area (Å²) in [4.78, 5) is 5.20. The third kappa shape index (κ3) is 2.46. The fraction of sp³-hybridized carbons (Fsp3) is 0.600. The zero-order chi connectivity index (χ0) is 13.5. The Kier molecular flexibility index (Phi) is 3.21. The van der Waals surface area contributed by atoms with Gasteiger partial charge in [0.15, 0.2) is 0 Å². The standard InChI is InChI=1S/C15H21N3S/c1-15(6-3-7-15)9-17-14-11(13(16)19)8-10-4-2-5-12(10)18-14/h8H,2-7,9H2,1H3,(H2,16,19)(H,17,18). The van der Waals surface area contributed by atoms with E-state index in [2.05, 4.69) is 18.3 Å². The van der Waals surface area contributed by atoms with Crippen LogP contribution in [0, 0.1) is 5.41 Å². The van der Waals surface area contributed by atoms with Gasteiger partial charge >= 0.3 is 0 Å². The van der Waals surface area contributed by atoms with E-state index in [1.807, 2.05) is 0 Å². The topological polar surface area (TPSA) is 50.9 Å². The highest BCUT2D eigenvalue weighted by Crippen LogP contribution is 2.40. The summed E-state index contributed by atoms with van der Waals surface area (Å²) in [5, 5.41) is 3.49. The monoisotopic (exact) mass is 275 g/mol. The molecule has 0 radical (unpaired) electrons. The summed E-state index contributed by atoms with van der Waals surface area (Å²) in [6.07, 6.45) is 7.33. The predicted molar refractivity (Wildman–Crippen MR) is 82.6 cm³/mol. The van der Waals surface area contributed by atoms with Crippen LogP contribution >= 0.6 is 12.2 Å². The molecule has 4 heteroatoms. The molecule has 0 bridgehead atoms. The van der Waals surface area contributed by atoms with E-state index < -0.39 is 0 Å². The van der Waals surface area contributed by atoms with E-state index in [4.69, 9.17) is 22.9 Å². The number of fused-ring (bicyclic) bond motifs is 1. The Balaban J connectivity index is 1.84. The first-order valence-corrected chi connectivity index (χ1v) is 7.55. The van der Waals surface area contributed by atoms with Crippen LogP contribution in [0.1, 0.15) is 49.4 Å². The first kappa shape index (κ1) is 12.9. The summed E-state index contributed by atoms with van der Waals surface area (Å²) in [6, 6.07) is 2.14. The molecule has 102 valence electrons. The van der Waals surface area contributed by atoms with E-state index in [0.29, 0.717) is 10.4 Å². The molecule has 0 spiro atoms. The second-order valence-corrected chi connectivity index (χ2v) is 6.67. The first-order chi connectivity index (χ1) is 9.07. The molecule has 1 fully saturated rings. The zero-order valence-electron chi connectivity index (χ0n) is 11.5. The van der Waals surface area contributed by atoms with Gasteiger partial charge in [-0.3, -0.25) is 0 Å². The molecule has 1 aromatic heterocycles. The molecule has 3 N–H and O–H groups in total. The van der Waals surface area contributed by atoms with Crippen molar-refractivity contribution in [1.29, 1.82) is 0 Å². The highest BCUT2D eigenvalue weighted by molar-refractivity contribution is 7.80. The number of thiocarbonyl (C=S) groups is 1. The van der Waals surface area contributed by atoms with Crippen molar-refractivity contribution in [3.63, 3.8) is 0 Å². The molecule has 1 aromatic rings. The average Bonchev–Trinajstić information content (AvgIpc) is 2.79. The van der Waals surface area contributed by atoms with Crippen LogP contribution in [-0.2, 0) is 12.8 Å². The molecular formula is C15H21N3S. The molecule has 3 nitrogen and oxygen atoms in total. The summed E-state index contributed by atoms with van der Waals surface area (Å²) in [5.41, 5.74) is 9.73. The Morgan fingerprint density at radius 1 is 1.42 bits per heavy atom. The predicted octanol–water partition coefficient (Wildman–Crippen LogP) is 2.81. The Morgan fingerprint density at radius 2 is 2.21 bits per heavy atom. The summed E-state index contributed by atoms with van der Waals surface area (Å²) in [7, 11) is 0. The molecule has 2 aliphatic rings. The van der Waals surface area contributed by atoms with Gasteiger partial charge in [0.05, 0.1) is 5.56 Å². The van der Waals surface area contributed by atoms with Gasteiger partial charge in [-0.2, -0.15) is 0 Å². The number of aryl methyl sites for hydroxylation is 2. The molecule has 0 aromatic carbocycles. The molecule has 0 unspecified atom stereocenters. The van der Waals surface area contributed by atoms with Gasteiger partial charge in [0.1, 0.15) is 10.8 Å². The minimum atomic E-state index is 0.425. The normalized spacial score (nSPS) is 19.6. The second kappa shape index (κ2) is 4.75. The number of nitrogens with one attached hydrogen (secondary N) is 1. The van der Waals surface area contributed by atoms with Crippen molar-refractivity contribution in [1.82, 2.24) is 4.98 Å². The Labute approximate surface area is 120 Å². The molecule has 2 aliphatic carbocycles. The van der Waals surface area contributed by atoms with Crippen LogP contribution in [0.2, 0.25) is 0 Å². The average molecular weight is 275 g/mol. The Bertz CT molecular complexity index is 520. The first-order valence-electron chi connectivity index (χ1n) is 7.14. The minimum Gasteiger partial charge on any atom is -0.389 e. The van der Waals surface area contributed by atoms with Crippen molar-refractivity contribution < 1.29 is 0 Å². The van der Waals surface area contributed by atoms with Gasteiger partial charge in [-0.15, -0.1) is 0 Å². The quantitative estimate of drug-likeness (QED) is 0.830. The summed E-state index contributed by atoms with van der Waals surface area (Å²) in [6.45, 7) is 3.30. The van der Waals surface area contributed by atoms with Crippen molar-refractivity contribution in [2.75, 3.05) is 11.9 Å². The van der Waals surface area contributed by atoms with Crippen molar-refractivity contribution >= 4 is 23.0 Å². The van der Waals surface area contributed by atoms with Gasteiger partial charge in [-0.25, -0.2) is 4.98 Å². The maximum atomic E-state index is 5.85. The number of anilines is 1. The third-order valence-electron chi connectivity index (χ3n) is 4.56. The van der Waals surface area contributed by atoms with Crippen LogP contribution < -0.4 is 11.1 Å². The van der Waals surface area contributed by atoms with Crippen molar-refractivity contribution in [2.45, 2.75) is 45.4 Å². The molecular weight excluding hydrogens is 254 g/mol. The Hall–Kier alpha value is -1.16. The molecule has 3 rings (SSSR count). The van der Waals surface area contributed by atoms with Crippen LogP contribution in [0.4, 0.5) is 5.82 Å². The molecule has 0 saturated heterocycles. The van der Waals surface area contributed by atoms with E-state index in [-0.39, 0.29) is 0 Å². The lowest BCUT2D eigenvalue weighted by molar-refractivity contribution is 0.180. The smallest absolute Gasteiger partial charge is 0.136 e. The molecule has 0 atom stereocenters. The van der Waals surface area contributed by atoms with Crippen molar-refractivity contribution in [3.8, 4) is 0 Å². The molecule has 0 amide bonds. The summed E-state index contributed by atoms with van der Waals surface area (Å²) < 4.78 is 0. The van der Waals surface area contributed by atoms with Gasteiger partial charge in [-0.05, 0) is 49.1 Å². The molecule has 0 aliphatic heterocycles. The molecule has 1 saturated carbocycles. The van der Waals surface area contributed by atoms with Crippen LogP contribution in [0.5, 0.6) is 0 Å². The van der Waals surface area contributed by atoms with E-state index >= 15 is 0 Å². The van der Waals surface area contributed by atoms with Gasteiger partial charge < -0.3 is 11.1 Å². The largest absolute Gasteiger partial charge is 0.389 e. The lowest BCUT2D eigenvalue weighted by Gasteiger charge is -2.38. The van der Waals surface area contributed by atoms with E-state index in [9.17, 15) is 0 Å². The molecule has 1 heterocycles. The highest BCUT2D eigenvalue weighted by Gasteiger charge is 2.31. The van der Waals surface area contributed by atoms with Crippen molar-refractivity contribution in [2.24, 2.45) is 11.1 Å². The fourth-order valence-corrected chi connectivity index (χ4v) is 3.20. The number of hydrogen-bond acceptors (Lipinski definition) is 3. The third-order valence-corrected chi connectivity index (χ3v) is 4.78. The number of aromatic nitrogens is 1. The lowest BCUT2D eigenvalue weighted by Crippen LogP contribution is -2.34. The second-order valence-electron chi connectivity index (χ2n) is 6.23. The van der Waals surface area contributed by atoms with E-state index in [0.717, 1.165) is 30.8 Å². The van der Waals surface area contributed by atoms with E-state index in [1.54, 1.807) is 0 Å². The summed E-state index contributed by atoms with van der Waals surface area (Å²) in [5.74, 6) is 0.890. The van der Waals surface area contributed by atoms with Crippen LogP contribution in [-0.4, -0.2) is 16.5 Å². The number of nitrogens with zero attached hydrogens (tertiary/aromatic N) is 1. The summed E-state index contributed by atoms with van der Waals surface area (Å²) >= 11 is 5.17. The lowest BCUT2D eigenvalue weighted by atomic mass is 9.70. The van der Waals surface area contributed by atoms with Gasteiger partial charge in [0, 0.05) is 12.2 Å². The van der Waals surface area contributed by atoms with E-state index in [1.165, 1.54) is 36.9 Å². The SMILES string of the molecule is CC1(CNc2nc3c(cc2C(N)=S)CCC3)CCC1. The number of hydrogen-bond donors (Lipinski definition) is 2. The number of rotatable bonds is 4. The van der Waals surface area contributed by atoms with Crippen LogP contribution in [0.3, 0.4) is 0 Å². The number of nitrogens with two attached hydrogens (primary N) is 1. The maximum Gasteiger partial charge on any atom is 0.136 e. The van der Waals surface area contributed by atoms with Crippen LogP contribution in [0.15, 0.2) is 6.07 Å². The van der Waals surface area contributed by atoms with Crippen molar-refractivity contribution in [3.05, 3.63) is 22.9 Å². The van der Waals surface area contributed by atoms with Gasteiger partial charge in [0.25, 0.3) is 0 Å². The van der Waals surface area contributed by atoms with Crippen LogP contribution in [0.25, 0.3) is 0 Å². The maximum absolute atomic E-state index is 5.85. The zero-order valence-corrected chi connectivity index (χ0v) is 12.3. The molecule has 19 heavy (non-hydrogen) atoms.